The number of hydrogen-bond donors (Lipinski definition) is 3. The van der Waals surface area contributed by atoms with Crippen LogP contribution in [0.1, 0.15) is 17.5 Å². The van der Waals surface area contributed by atoms with Gasteiger partial charge in [0.15, 0.2) is 5.82 Å². The fraction of sp³-hybridized carbons (Fsp3) is 0.182. The molecule has 0 aliphatic carbocycles. The molecule has 0 saturated carbocycles. The molecular weight excluding hydrogens is 485 g/mol. The highest BCUT2D eigenvalue weighted by atomic mass is 35.5. The Balaban J connectivity index is 1.42. The lowest BCUT2D eigenvalue weighted by Gasteiger charge is -2.26. The maximum absolute atomic E-state index is 14.7. The SMILES string of the molecule is N#Cc1ccc(C2=CCCNC2COc2cc(F)c(N(O)SNc3cscn3)cc2Cl)cc1. The predicted molar refractivity (Wildman–Crippen MR) is 130 cm³/mol. The first-order valence-electron chi connectivity index (χ1n) is 9.91. The van der Waals surface area contributed by atoms with Gasteiger partial charge in [0.05, 0.1) is 40.3 Å². The van der Waals surface area contributed by atoms with Gasteiger partial charge in [0, 0.05) is 11.4 Å². The molecule has 3 aromatic rings. The lowest BCUT2D eigenvalue weighted by Crippen LogP contribution is -2.38. The first kappa shape index (κ1) is 23.4. The molecule has 0 bridgehead atoms. The summed E-state index contributed by atoms with van der Waals surface area (Å²) < 4.78 is 24.0. The molecule has 1 aromatic heterocycles. The summed E-state index contributed by atoms with van der Waals surface area (Å²) in [5.41, 5.74) is 4.15. The fourth-order valence-electron chi connectivity index (χ4n) is 3.29. The predicted octanol–water partition coefficient (Wildman–Crippen LogP) is 5.50. The quantitative estimate of drug-likeness (QED) is 0.274. The van der Waals surface area contributed by atoms with E-state index in [0.717, 1.165) is 42.3 Å². The molecule has 0 radical (unpaired) electrons. The zero-order valence-corrected chi connectivity index (χ0v) is 19.6. The summed E-state index contributed by atoms with van der Waals surface area (Å²) in [4.78, 5) is 4.03. The molecule has 0 fully saturated rings. The van der Waals surface area contributed by atoms with E-state index in [9.17, 15) is 9.60 Å². The third-order valence-electron chi connectivity index (χ3n) is 4.90. The molecule has 3 N–H and O–H groups in total. The number of thiazole rings is 1. The monoisotopic (exact) mass is 503 g/mol. The number of ether oxygens (including phenoxy) is 1. The molecule has 33 heavy (non-hydrogen) atoms. The third kappa shape index (κ3) is 5.76. The van der Waals surface area contributed by atoms with E-state index < -0.39 is 5.82 Å². The van der Waals surface area contributed by atoms with Crippen LogP contribution in [0.15, 0.2) is 53.4 Å². The van der Waals surface area contributed by atoms with E-state index in [1.807, 2.05) is 12.1 Å². The Hall–Kier alpha value is -2.81. The number of halogens is 2. The van der Waals surface area contributed by atoms with Gasteiger partial charge in [0.2, 0.25) is 0 Å². The summed E-state index contributed by atoms with van der Waals surface area (Å²) in [6.07, 6.45) is 3.00. The highest BCUT2D eigenvalue weighted by Gasteiger charge is 2.21. The Labute approximate surface area is 203 Å². The molecule has 2 aromatic carbocycles. The molecule has 7 nitrogen and oxygen atoms in total. The summed E-state index contributed by atoms with van der Waals surface area (Å²) in [6.45, 7) is 1.02. The highest BCUT2D eigenvalue weighted by molar-refractivity contribution is 8.01. The van der Waals surface area contributed by atoms with Crippen LogP contribution in [-0.4, -0.2) is 29.4 Å². The largest absolute Gasteiger partial charge is 0.490 e. The van der Waals surface area contributed by atoms with Gasteiger partial charge >= 0.3 is 0 Å². The second-order valence-corrected chi connectivity index (χ2v) is 8.89. The van der Waals surface area contributed by atoms with Crippen molar-refractivity contribution < 1.29 is 14.3 Å². The van der Waals surface area contributed by atoms with Gasteiger partial charge in [-0.15, -0.1) is 11.3 Å². The summed E-state index contributed by atoms with van der Waals surface area (Å²) in [6, 6.07) is 11.8. The summed E-state index contributed by atoms with van der Waals surface area (Å²) in [5.74, 6) is 0.0286. The zero-order chi connectivity index (χ0) is 23.2. The smallest absolute Gasteiger partial charge is 0.153 e. The van der Waals surface area contributed by atoms with Crippen LogP contribution in [0, 0.1) is 17.1 Å². The number of aromatic nitrogens is 1. The first-order chi connectivity index (χ1) is 16.0. The van der Waals surface area contributed by atoms with Crippen LogP contribution in [0.3, 0.4) is 0 Å². The molecule has 0 saturated heterocycles. The van der Waals surface area contributed by atoms with E-state index in [-0.39, 0.29) is 29.1 Å². The highest BCUT2D eigenvalue weighted by Crippen LogP contribution is 2.35. The van der Waals surface area contributed by atoms with Crippen molar-refractivity contribution >= 4 is 52.2 Å². The molecule has 2 heterocycles. The van der Waals surface area contributed by atoms with E-state index in [2.05, 4.69) is 27.2 Å². The van der Waals surface area contributed by atoms with Gasteiger partial charge in [0.1, 0.15) is 23.9 Å². The number of nitriles is 1. The number of nitrogens with one attached hydrogen (secondary N) is 2. The topological polar surface area (TPSA) is 93.4 Å². The van der Waals surface area contributed by atoms with Gasteiger partial charge in [-0.25, -0.2) is 9.37 Å². The maximum atomic E-state index is 14.7. The minimum Gasteiger partial charge on any atom is -0.490 e. The number of nitrogens with zero attached hydrogens (tertiary/aromatic N) is 3. The molecule has 11 heteroatoms. The molecule has 4 rings (SSSR count). The van der Waals surface area contributed by atoms with E-state index >= 15 is 0 Å². The second-order valence-electron chi connectivity index (χ2n) is 7.03. The van der Waals surface area contributed by atoms with E-state index in [4.69, 9.17) is 21.6 Å². The number of hydrogen-bond acceptors (Lipinski definition) is 9. The minimum atomic E-state index is -0.691. The van der Waals surface area contributed by atoms with Crippen molar-refractivity contribution in [3.8, 4) is 11.8 Å². The summed E-state index contributed by atoms with van der Waals surface area (Å²) in [7, 11) is 0. The maximum Gasteiger partial charge on any atom is 0.153 e. The summed E-state index contributed by atoms with van der Waals surface area (Å²) >= 11 is 8.46. The Morgan fingerprint density at radius 2 is 2.21 bits per heavy atom. The van der Waals surface area contributed by atoms with Crippen molar-refractivity contribution in [1.29, 1.82) is 5.26 Å². The van der Waals surface area contributed by atoms with Crippen LogP contribution >= 0.6 is 35.1 Å². The van der Waals surface area contributed by atoms with Crippen molar-refractivity contribution in [1.82, 2.24) is 10.3 Å². The van der Waals surface area contributed by atoms with Crippen LogP contribution in [0.5, 0.6) is 5.75 Å². The van der Waals surface area contributed by atoms with Crippen molar-refractivity contribution in [2.24, 2.45) is 0 Å². The number of rotatable bonds is 8. The Kier molecular flexibility index (Phi) is 7.69. The van der Waals surface area contributed by atoms with Gasteiger partial charge < -0.3 is 10.1 Å². The Morgan fingerprint density at radius 1 is 1.39 bits per heavy atom. The van der Waals surface area contributed by atoms with Gasteiger partial charge in [0.25, 0.3) is 0 Å². The number of anilines is 2. The number of benzene rings is 2. The van der Waals surface area contributed by atoms with Crippen molar-refractivity contribution in [2.75, 3.05) is 22.3 Å². The van der Waals surface area contributed by atoms with Crippen molar-refractivity contribution in [3.63, 3.8) is 0 Å². The molecule has 0 spiro atoms. The van der Waals surface area contributed by atoms with Crippen LogP contribution in [-0.2, 0) is 0 Å². The molecule has 170 valence electrons. The zero-order valence-electron chi connectivity index (χ0n) is 17.2. The van der Waals surface area contributed by atoms with Gasteiger partial charge in [-0.2, -0.15) is 9.73 Å². The van der Waals surface area contributed by atoms with E-state index in [0.29, 0.717) is 15.8 Å². The Morgan fingerprint density at radius 3 is 2.94 bits per heavy atom. The normalized spacial score (nSPS) is 15.5. The lowest BCUT2D eigenvalue weighted by molar-refractivity contribution is 0.286. The van der Waals surface area contributed by atoms with E-state index in [1.165, 1.54) is 17.4 Å². The summed E-state index contributed by atoms with van der Waals surface area (Å²) in [5, 5.41) is 24.5. The van der Waals surface area contributed by atoms with Crippen LogP contribution in [0.4, 0.5) is 15.9 Å². The molecule has 1 aliphatic heterocycles. The molecule has 1 unspecified atom stereocenters. The van der Waals surface area contributed by atoms with Crippen LogP contribution < -0.4 is 19.2 Å². The van der Waals surface area contributed by atoms with Gasteiger partial charge in [-0.05, 0) is 42.3 Å². The van der Waals surface area contributed by atoms with E-state index in [1.54, 1.807) is 23.0 Å². The van der Waals surface area contributed by atoms with Crippen molar-refractivity contribution in [2.45, 2.75) is 12.5 Å². The minimum absolute atomic E-state index is 0.117. The lowest BCUT2D eigenvalue weighted by atomic mass is 9.94. The molecular formula is C22H19ClFN5O2S2. The fourth-order valence-corrected chi connectivity index (χ4v) is 4.59. The van der Waals surface area contributed by atoms with Crippen LogP contribution in [0.2, 0.25) is 5.02 Å². The molecule has 1 atom stereocenters. The van der Waals surface area contributed by atoms with Crippen LogP contribution in [0.25, 0.3) is 5.57 Å². The average Bonchev–Trinajstić information content (AvgIpc) is 3.37. The second kappa shape index (κ2) is 10.9. The molecule has 1 aliphatic rings. The Bertz CT molecular complexity index is 1170. The standard InChI is InChI=1S/C22H19ClFN5O2S2/c23-17-8-20(29(30)33-28-22-12-32-13-27-22)18(24)9-21(17)31-11-19-16(2-1-7-26-19)15-5-3-14(10-25)4-6-15/h2-6,8-9,12-13,19,26,28,30H,1,7,11H2. The third-order valence-corrected chi connectivity index (χ3v) is 6.46. The van der Waals surface area contributed by atoms with Gasteiger partial charge in [-0.1, -0.05) is 29.8 Å². The first-order valence-corrected chi connectivity index (χ1v) is 12.0. The van der Waals surface area contributed by atoms with Gasteiger partial charge in [-0.3, -0.25) is 9.93 Å². The van der Waals surface area contributed by atoms with Crippen molar-refractivity contribution in [3.05, 3.63) is 75.3 Å². The average molecular weight is 504 g/mol. The molecule has 0 amide bonds.